The molecule has 0 spiro atoms. The van der Waals surface area contributed by atoms with Crippen LogP contribution in [0.4, 0.5) is 0 Å². The highest BCUT2D eigenvalue weighted by Gasteiger charge is 2.40. The molecule has 37 heavy (non-hydrogen) atoms. The molecule has 196 valence electrons. The number of amides is 2. The highest BCUT2D eigenvalue weighted by atomic mass is 16.2. The van der Waals surface area contributed by atoms with Crippen LogP contribution >= 0.6 is 0 Å². The SMILES string of the molecule is CN[C@@H](C)C(=O)N[C@H](C(=O)N1CCC[C@H]1c1nc(C)ncc1-n1cnc2ccccc21)C1CCCCC1. The van der Waals surface area contributed by atoms with Crippen molar-refractivity contribution in [1.29, 1.82) is 0 Å². The highest BCUT2D eigenvalue weighted by molar-refractivity contribution is 5.90. The molecular formula is C28H37N7O2. The summed E-state index contributed by atoms with van der Waals surface area (Å²) in [5, 5.41) is 6.12. The molecule has 3 heterocycles. The first-order valence-electron chi connectivity index (χ1n) is 13.5. The molecule has 0 unspecified atom stereocenters. The van der Waals surface area contributed by atoms with Crippen molar-refractivity contribution < 1.29 is 9.59 Å². The van der Waals surface area contributed by atoms with Crippen LogP contribution in [0.25, 0.3) is 16.7 Å². The van der Waals surface area contributed by atoms with Gasteiger partial charge in [-0.2, -0.15) is 0 Å². The van der Waals surface area contributed by atoms with E-state index < -0.39 is 6.04 Å². The van der Waals surface area contributed by atoms with E-state index in [9.17, 15) is 9.59 Å². The van der Waals surface area contributed by atoms with Gasteiger partial charge in [-0.3, -0.25) is 14.2 Å². The number of nitrogens with one attached hydrogen (secondary N) is 2. The Labute approximate surface area is 218 Å². The van der Waals surface area contributed by atoms with Crippen molar-refractivity contribution in [3.05, 3.63) is 48.3 Å². The number of aryl methyl sites for hydroxylation is 1. The Morgan fingerprint density at radius 1 is 1.05 bits per heavy atom. The Kier molecular flexibility index (Phi) is 7.50. The zero-order valence-corrected chi connectivity index (χ0v) is 22.0. The molecule has 3 aromatic rings. The number of carbonyl (C=O) groups excluding carboxylic acids is 2. The molecular weight excluding hydrogens is 466 g/mol. The van der Waals surface area contributed by atoms with Crippen LogP contribution in [0.15, 0.2) is 36.8 Å². The summed E-state index contributed by atoms with van der Waals surface area (Å²) in [6.07, 6.45) is 10.6. The Balaban J connectivity index is 1.50. The largest absolute Gasteiger partial charge is 0.343 e. The number of aromatic nitrogens is 4. The average molecular weight is 504 g/mol. The van der Waals surface area contributed by atoms with Crippen molar-refractivity contribution in [3.63, 3.8) is 0 Å². The number of hydrogen-bond acceptors (Lipinski definition) is 6. The van der Waals surface area contributed by atoms with Gasteiger partial charge in [0.25, 0.3) is 0 Å². The van der Waals surface area contributed by atoms with Crippen molar-refractivity contribution >= 4 is 22.8 Å². The number of para-hydroxylation sites is 2. The molecule has 1 aromatic carbocycles. The molecule has 0 radical (unpaired) electrons. The van der Waals surface area contributed by atoms with E-state index in [2.05, 4.69) is 20.6 Å². The van der Waals surface area contributed by atoms with Gasteiger partial charge in [-0.25, -0.2) is 15.0 Å². The van der Waals surface area contributed by atoms with E-state index in [1.54, 1.807) is 13.4 Å². The molecule has 0 bridgehead atoms. The molecule has 5 rings (SSSR count). The number of imidazole rings is 1. The first-order valence-corrected chi connectivity index (χ1v) is 13.5. The molecule has 1 aliphatic heterocycles. The van der Waals surface area contributed by atoms with E-state index in [1.807, 2.05) is 53.8 Å². The Morgan fingerprint density at radius 2 is 1.84 bits per heavy atom. The van der Waals surface area contributed by atoms with Gasteiger partial charge in [0.2, 0.25) is 11.8 Å². The lowest BCUT2D eigenvalue weighted by atomic mass is 9.83. The number of benzene rings is 1. The highest BCUT2D eigenvalue weighted by Crippen LogP contribution is 2.37. The van der Waals surface area contributed by atoms with Crippen molar-refractivity contribution in [2.75, 3.05) is 13.6 Å². The average Bonchev–Trinajstić information content (AvgIpc) is 3.59. The van der Waals surface area contributed by atoms with Crippen molar-refractivity contribution in [3.8, 4) is 5.69 Å². The molecule has 1 saturated heterocycles. The van der Waals surface area contributed by atoms with E-state index >= 15 is 0 Å². The molecule has 2 amide bonds. The van der Waals surface area contributed by atoms with E-state index in [0.29, 0.717) is 12.4 Å². The molecule has 1 aliphatic carbocycles. The Hall–Kier alpha value is -3.33. The maximum absolute atomic E-state index is 14.2. The molecule has 2 aromatic heterocycles. The summed E-state index contributed by atoms with van der Waals surface area (Å²) >= 11 is 0. The summed E-state index contributed by atoms with van der Waals surface area (Å²) in [6.45, 7) is 4.35. The second-order valence-corrected chi connectivity index (χ2v) is 10.4. The summed E-state index contributed by atoms with van der Waals surface area (Å²) < 4.78 is 2.01. The van der Waals surface area contributed by atoms with Gasteiger partial charge in [0.1, 0.15) is 18.2 Å². The van der Waals surface area contributed by atoms with Crippen LogP contribution in [0, 0.1) is 12.8 Å². The number of nitrogens with zero attached hydrogens (tertiary/aromatic N) is 5. The monoisotopic (exact) mass is 503 g/mol. The van der Waals surface area contributed by atoms with Crippen LogP contribution in [0.3, 0.4) is 0 Å². The fraction of sp³-hybridized carbons (Fsp3) is 0.536. The third-order valence-corrected chi connectivity index (χ3v) is 7.99. The van der Waals surface area contributed by atoms with Gasteiger partial charge in [0, 0.05) is 6.54 Å². The lowest BCUT2D eigenvalue weighted by molar-refractivity contribution is -0.139. The maximum atomic E-state index is 14.2. The van der Waals surface area contributed by atoms with Crippen molar-refractivity contribution in [2.45, 2.75) is 76.9 Å². The topological polar surface area (TPSA) is 105 Å². The van der Waals surface area contributed by atoms with Crippen LogP contribution in [-0.4, -0.2) is 61.9 Å². The molecule has 1 saturated carbocycles. The Morgan fingerprint density at radius 3 is 2.62 bits per heavy atom. The van der Waals surface area contributed by atoms with Crippen LogP contribution in [0.1, 0.15) is 69.4 Å². The molecule has 2 fully saturated rings. The molecule has 9 heteroatoms. The minimum absolute atomic E-state index is 0.00348. The molecule has 9 nitrogen and oxygen atoms in total. The summed E-state index contributed by atoms with van der Waals surface area (Å²) in [4.78, 5) is 43.0. The van der Waals surface area contributed by atoms with Gasteiger partial charge < -0.3 is 15.5 Å². The van der Waals surface area contributed by atoms with Gasteiger partial charge in [-0.05, 0) is 64.6 Å². The van der Waals surface area contributed by atoms with Gasteiger partial charge in [0.15, 0.2) is 0 Å². The van der Waals surface area contributed by atoms with Crippen molar-refractivity contribution in [2.24, 2.45) is 5.92 Å². The number of carbonyl (C=O) groups is 2. The number of rotatable bonds is 7. The lowest BCUT2D eigenvalue weighted by Crippen LogP contribution is -2.55. The standard InChI is InChI=1S/C28H37N7O2/c1-18(29-3)27(36)33-25(20-10-5-4-6-11-20)28(37)34-15-9-14-23(34)26-24(16-30-19(2)32-26)35-17-31-21-12-7-8-13-22(21)35/h7-8,12-13,16-18,20,23,25,29H,4-6,9-11,14-15H2,1-3H3,(H,33,36)/t18-,23-,25-/m0/s1. The van der Waals surface area contributed by atoms with E-state index in [1.165, 1.54) is 6.42 Å². The van der Waals surface area contributed by atoms with Gasteiger partial charge in [0.05, 0.1) is 40.7 Å². The number of hydrogen-bond donors (Lipinski definition) is 2. The number of fused-ring (bicyclic) bond motifs is 1. The molecule has 3 atom stereocenters. The zero-order valence-electron chi connectivity index (χ0n) is 22.0. The van der Waals surface area contributed by atoms with Gasteiger partial charge >= 0.3 is 0 Å². The minimum atomic E-state index is -0.523. The summed E-state index contributed by atoms with van der Waals surface area (Å²) in [6, 6.07) is 6.90. The first kappa shape index (κ1) is 25.3. The number of likely N-dealkylation sites (N-methyl/N-ethyl adjacent to an activating group) is 1. The second-order valence-electron chi connectivity index (χ2n) is 10.4. The summed E-state index contributed by atoms with van der Waals surface area (Å²) in [5.41, 5.74) is 3.54. The van der Waals surface area contributed by atoms with Crippen LogP contribution in [0.2, 0.25) is 0 Å². The molecule has 2 N–H and O–H groups in total. The fourth-order valence-corrected chi connectivity index (χ4v) is 5.81. The van der Waals surface area contributed by atoms with Crippen LogP contribution < -0.4 is 10.6 Å². The lowest BCUT2D eigenvalue weighted by Gasteiger charge is -2.35. The van der Waals surface area contributed by atoms with E-state index in [4.69, 9.17) is 4.98 Å². The van der Waals surface area contributed by atoms with Crippen molar-refractivity contribution in [1.82, 2.24) is 35.1 Å². The molecule has 2 aliphatic rings. The summed E-state index contributed by atoms with van der Waals surface area (Å²) in [5.74, 6) is 0.691. The maximum Gasteiger partial charge on any atom is 0.246 e. The van der Waals surface area contributed by atoms with Gasteiger partial charge in [-0.15, -0.1) is 0 Å². The quantitative estimate of drug-likeness (QED) is 0.512. The zero-order chi connectivity index (χ0) is 25.9. The number of likely N-dealkylation sites (tertiary alicyclic amines) is 1. The van der Waals surface area contributed by atoms with Crippen LogP contribution in [-0.2, 0) is 9.59 Å². The smallest absolute Gasteiger partial charge is 0.246 e. The predicted octanol–water partition coefficient (Wildman–Crippen LogP) is 3.46. The Bertz CT molecular complexity index is 1270. The fourth-order valence-electron chi connectivity index (χ4n) is 5.81. The second kappa shape index (κ2) is 11.0. The first-order chi connectivity index (χ1) is 18.0. The summed E-state index contributed by atoms with van der Waals surface area (Å²) in [7, 11) is 1.76. The third kappa shape index (κ3) is 5.09. The normalized spacial score (nSPS) is 20.2. The minimum Gasteiger partial charge on any atom is -0.343 e. The van der Waals surface area contributed by atoms with E-state index in [0.717, 1.165) is 60.9 Å². The van der Waals surface area contributed by atoms with E-state index in [-0.39, 0.29) is 29.8 Å². The van der Waals surface area contributed by atoms with Gasteiger partial charge in [-0.1, -0.05) is 31.4 Å². The van der Waals surface area contributed by atoms with Crippen LogP contribution in [0.5, 0.6) is 0 Å². The third-order valence-electron chi connectivity index (χ3n) is 7.99. The predicted molar refractivity (Wildman–Crippen MR) is 142 cm³/mol.